The predicted octanol–water partition coefficient (Wildman–Crippen LogP) is 2.73. The van der Waals surface area contributed by atoms with E-state index in [1.807, 2.05) is 32.0 Å². The highest BCUT2D eigenvalue weighted by Gasteiger charge is 2.25. The summed E-state index contributed by atoms with van der Waals surface area (Å²) in [4.78, 5) is 39.8. The van der Waals surface area contributed by atoms with Crippen molar-refractivity contribution < 1.29 is 14.3 Å². The van der Waals surface area contributed by atoms with Gasteiger partial charge in [0.25, 0.3) is 5.56 Å². The number of carbonyl (C=O) groups excluding carboxylic acids is 2. The van der Waals surface area contributed by atoms with E-state index < -0.39 is 0 Å². The molecule has 8 heteroatoms. The highest BCUT2D eigenvalue weighted by Crippen LogP contribution is 2.19. The Kier molecular flexibility index (Phi) is 6.84. The molecule has 0 bridgehead atoms. The van der Waals surface area contributed by atoms with Gasteiger partial charge in [-0.25, -0.2) is 5.10 Å². The van der Waals surface area contributed by atoms with Crippen LogP contribution in [-0.4, -0.2) is 52.7 Å². The summed E-state index contributed by atoms with van der Waals surface area (Å²) in [6.07, 6.45) is 1.67. The molecular weight excluding hydrogens is 420 g/mol. The lowest BCUT2D eigenvalue weighted by molar-refractivity contribution is -0.135. The first kappa shape index (κ1) is 22.7. The van der Waals surface area contributed by atoms with Crippen LogP contribution in [-0.2, 0) is 20.7 Å². The summed E-state index contributed by atoms with van der Waals surface area (Å²) in [7, 11) is 0. The largest absolute Gasteiger partial charge is 0.376 e. The Hall–Kier alpha value is -3.52. The van der Waals surface area contributed by atoms with E-state index in [2.05, 4.69) is 15.5 Å². The number of hydrogen-bond donors (Lipinski definition) is 2. The van der Waals surface area contributed by atoms with E-state index in [9.17, 15) is 14.4 Å². The third-order valence-electron chi connectivity index (χ3n) is 6.11. The fraction of sp³-hybridized carbons (Fsp3) is 0.360. The van der Waals surface area contributed by atoms with Gasteiger partial charge in [-0.15, -0.1) is 0 Å². The van der Waals surface area contributed by atoms with Crippen molar-refractivity contribution in [3.05, 3.63) is 69.6 Å². The second-order valence-electron chi connectivity index (χ2n) is 8.43. The highest BCUT2D eigenvalue weighted by molar-refractivity contribution is 5.96. The molecule has 1 fully saturated rings. The number of amides is 2. The molecule has 1 aromatic heterocycles. The predicted molar refractivity (Wildman–Crippen MR) is 126 cm³/mol. The van der Waals surface area contributed by atoms with Crippen molar-refractivity contribution in [1.29, 1.82) is 0 Å². The topological polar surface area (TPSA) is 104 Å². The van der Waals surface area contributed by atoms with Crippen LogP contribution in [0.2, 0.25) is 0 Å². The van der Waals surface area contributed by atoms with Gasteiger partial charge in [-0.2, -0.15) is 5.10 Å². The van der Waals surface area contributed by atoms with Gasteiger partial charge in [0, 0.05) is 24.2 Å². The summed E-state index contributed by atoms with van der Waals surface area (Å²) < 4.78 is 5.72. The summed E-state index contributed by atoms with van der Waals surface area (Å²) >= 11 is 0. The van der Waals surface area contributed by atoms with Crippen molar-refractivity contribution in [3.8, 4) is 0 Å². The number of carbonyl (C=O) groups is 2. The van der Waals surface area contributed by atoms with Gasteiger partial charge in [0.05, 0.1) is 30.1 Å². The summed E-state index contributed by atoms with van der Waals surface area (Å²) in [5, 5.41) is 10.6. The van der Waals surface area contributed by atoms with E-state index in [1.165, 1.54) is 4.90 Å². The van der Waals surface area contributed by atoms with Crippen LogP contribution in [0.4, 0.5) is 5.69 Å². The number of aromatic amines is 1. The van der Waals surface area contributed by atoms with Crippen molar-refractivity contribution in [2.75, 3.05) is 25.0 Å². The Balaban J connectivity index is 1.53. The van der Waals surface area contributed by atoms with Crippen LogP contribution in [0.1, 0.15) is 29.7 Å². The molecule has 2 heterocycles. The normalized spacial score (nSPS) is 15.5. The van der Waals surface area contributed by atoms with E-state index in [-0.39, 0.29) is 36.4 Å². The molecule has 172 valence electrons. The Morgan fingerprint density at radius 3 is 2.70 bits per heavy atom. The minimum Gasteiger partial charge on any atom is -0.376 e. The minimum absolute atomic E-state index is 0.0270. The van der Waals surface area contributed by atoms with Crippen LogP contribution in [0.3, 0.4) is 0 Å². The quantitative estimate of drug-likeness (QED) is 0.578. The molecule has 1 aliphatic rings. The lowest BCUT2D eigenvalue weighted by Gasteiger charge is -2.25. The maximum Gasteiger partial charge on any atom is 0.272 e. The zero-order valence-electron chi connectivity index (χ0n) is 18.9. The number of aromatic nitrogens is 2. The van der Waals surface area contributed by atoms with Crippen molar-refractivity contribution in [1.82, 2.24) is 15.1 Å². The summed E-state index contributed by atoms with van der Waals surface area (Å²) in [6.45, 7) is 4.84. The maximum atomic E-state index is 13.3. The van der Waals surface area contributed by atoms with Gasteiger partial charge in [0.15, 0.2) is 0 Å². The molecule has 4 rings (SSSR count). The molecule has 1 unspecified atom stereocenters. The zero-order chi connectivity index (χ0) is 23.4. The molecule has 2 amide bonds. The number of rotatable bonds is 7. The van der Waals surface area contributed by atoms with Crippen LogP contribution < -0.4 is 10.9 Å². The monoisotopic (exact) mass is 448 g/mol. The van der Waals surface area contributed by atoms with E-state index in [1.54, 1.807) is 24.3 Å². The van der Waals surface area contributed by atoms with Crippen molar-refractivity contribution >= 4 is 28.3 Å². The first-order valence-corrected chi connectivity index (χ1v) is 11.1. The van der Waals surface area contributed by atoms with E-state index in [0.717, 1.165) is 29.7 Å². The molecule has 1 atom stereocenters. The number of nitrogens with zero attached hydrogens (tertiary/aromatic N) is 2. The number of ether oxygens (including phenoxy) is 1. The fourth-order valence-electron chi connectivity index (χ4n) is 4.10. The number of H-pyrrole nitrogens is 1. The molecule has 0 aliphatic carbocycles. The lowest BCUT2D eigenvalue weighted by atomic mass is 10.1. The first-order chi connectivity index (χ1) is 15.9. The van der Waals surface area contributed by atoms with Gasteiger partial charge in [-0.05, 0) is 49.9 Å². The second-order valence-corrected chi connectivity index (χ2v) is 8.43. The number of aryl methyl sites for hydroxylation is 1. The number of nitrogens with one attached hydrogen (secondary N) is 2. The van der Waals surface area contributed by atoms with Crippen LogP contribution in [0.5, 0.6) is 0 Å². The van der Waals surface area contributed by atoms with Crippen molar-refractivity contribution in [2.24, 2.45) is 0 Å². The number of anilines is 1. The number of fused-ring (bicyclic) bond motifs is 1. The smallest absolute Gasteiger partial charge is 0.272 e. The lowest BCUT2D eigenvalue weighted by Crippen LogP contribution is -2.43. The molecule has 0 spiro atoms. The highest BCUT2D eigenvalue weighted by atomic mass is 16.5. The Morgan fingerprint density at radius 2 is 1.94 bits per heavy atom. The average molecular weight is 449 g/mol. The molecule has 1 aliphatic heterocycles. The van der Waals surface area contributed by atoms with Crippen molar-refractivity contribution in [2.45, 2.75) is 39.2 Å². The fourth-order valence-corrected chi connectivity index (χ4v) is 4.10. The zero-order valence-corrected chi connectivity index (χ0v) is 18.9. The molecule has 2 N–H and O–H groups in total. The molecule has 0 saturated carbocycles. The minimum atomic E-state index is -0.300. The molecule has 33 heavy (non-hydrogen) atoms. The van der Waals surface area contributed by atoms with Crippen LogP contribution >= 0.6 is 0 Å². The standard InChI is InChI=1S/C25H28N4O4/c1-16-7-5-11-21(17(16)2)26-23(30)15-29(14-18-8-6-12-33-18)24(31)13-22-19-9-3-4-10-20(19)25(32)28-27-22/h3-5,7,9-11,18H,6,8,12-15H2,1-2H3,(H,26,30)(H,28,32). The van der Waals surface area contributed by atoms with Gasteiger partial charge in [-0.3, -0.25) is 14.4 Å². The summed E-state index contributed by atoms with van der Waals surface area (Å²) in [5.41, 5.74) is 2.98. The van der Waals surface area contributed by atoms with Gasteiger partial charge in [0.1, 0.15) is 0 Å². The van der Waals surface area contributed by atoms with E-state index in [4.69, 9.17) is 4.74 Å². The van der Waals surface area contributed by atoms with Gasteiger partial charge < -0.3 is 15.0 Å². The molecular formula is C25H28N4O4. The van der Waals surface area contributed by atoms with E-state index in [0.29, 0.717) is 29.6 Å². The SMILES string of the molecule is Cc1cccc(NC(=O)CN(CC2CCCO2)C(=O)Cc2n[nH]c(=O)c3ccccc23)c1C. The van der Waals surface area contributed by atoms with Crippen LogP contribution in [0.25, 0.3) is 10.8 Å². The second kappa shape index (κ2) is 9.95. The number of hydrogen-bond acceptors (Lipinski definition) is 5. The third-order valence-corrected chi connectivity index (χ3v) is 6.11. The molecule has 8 nitrogen and oxygen atoms in total. The van der Waals surface area contributed by atoms with Gasteiger partial charge in [0.2, 0.25) is 11.8 Å². The maximum absolute atomic E-state index is 13.3. The van der Waals surface area contributed by atoms with Crippen LogP contribution in [0.15, 0.2) is 47.3 Å². The van der Waals surface area contributed by atoms with E-state index >= 15 is 0 Å². The van der Waals surface area contributed by atoms with Gasteiger partial charge >= 0.3 is 0 Å². The molecule has 3 aromatic rings. The van der Waals surface area contributed by atoms with Crippen LogP contribution in [0, 0.1) is 13.8 Å². The molecule has 0 radical (unpaired) electrons. The summed E-state index contributed by atoms with van der Waals surface area (Å²) in [5.74, 6) is -0.513. The van der Waals surface area contributed by atoms with Gasteiger partial charge in [-0.1, -0.05) is 30.3 Å². The Bertz CT molecular complexity index is 1230. The third kappa shape index (κ3) is 5.28. The first-order valence-electron chi connectivity index (χ1n) is 11.1. The molecule has 2 aromatic carbocycles. The summed E-state index contributed by atoms with van der Waals surface area (Å²) in [6, 6.07) is 12.8. The Morgan fingerprint density at radius 1 is 1.15 bits per heavy atom. The average Bonchev–Trinajstić information content (AvgIpc) is 3.32. The number of benzene rings is 2. The van der Waals surface area contributed by atoms with Crippen molar-refractivity contribution in [3.63, 3.8) is 0 Å². The Labute approximate surface area is 191 Å². The molecule has 1 saturated heterocycles.